The highest BCUT2D eigenvalue weighted by Crippen LogP contribution is 2.15. The van der Waals surface area contributed by atoms with E-state index >= 15 is 0 Å². The van der Waals surface area contributed by atoms with Crippen LogP contribution in [0.1, 0.15) is 20.3 Å². The van der Waals surface area contributed by atoms with E-state index in [-0.39, 0.29) is 11.7 Å². The fourth-order valence-corrected chi connectivity index (χ4v) is 3.94. The van der Waals surface area contributed by atoms with Crippen LogP contribution in [0.4, 0.5) is 0 Å². The molecule has 0 aliphatic carbocycles. The van der Waals surface area contributed by atoms with Crippen LogP contribution in [0.5, 0.6) is 0 Å². The highest BCUT2D eigenvalue weighted by Gasteiger charge is 2.34. The molecule has 0 aromatic rings. The van der Waals surface area contributed by atoms with Crippen molar-refractivity contribution in [2.75, 3.05) is 17.8 Å². The monoisotopic (exact) mass is 254 g/mol. The van der Waals surface area contributed by atoms with Gasteiger partial charge in [-0.25, -0.2) is 8.42 Å². The minimum absolute atomic E-state index is 0.0387. The zero-order valence-corrected chi connectivity index (χ0v) is 10.9. The molecule has 0 heterocycles. The van der Waals surface area contributed by atoms with Crippen LogP contribution in [-0.4, -0.2) is 42.5 Å². The minimum Gasteiger partial charge on any atom is -0.480 e. The lowest BCUT2D eigenvalue weighted by molar-refractivity contribution is -0.137. The maximum Gasteiger partial charge on any atom is 0.322 e. The number of carbonyl (C=O) groups is 1. The van der Waals surface area contributed by atoms with Crippen LogP contribution in [0.3, 0.4) is 0 Å². The normalized spacial score (nSPS) is 14.1. The van der Waals surface area contributed by atoms with Gasteiger partial charge in [0.15, 0.2) is 15.1 Å². The topological polar surface area (TPSA) is 71.4 Å². The van der Waals surface area contributed by atoms with Crippen molar-refractivity contribution in [3.63, 3.8) is 0 Å². The largest absolute Gasteiger partial charge is 0.480 e. The third kappa shape index (κ3) is 4.88. The van der Waals surface area contributed by atoms with Crippen molar-refractivity contribution in [3.05, 3.63) is 0 Å². The fourth-order valence-electron chi connectivity index (χ4n) is 1.38. The first-order valence-corrected chi connectivity index (χ1v) is 7.87. The lowest BCUT2D eigenvalue weighted by atomic mass is 10.1. The van der Waals surface area contributed by atoms with Gasteiger partial charge in [0.25, 0.3) is 0 Å². The molecule has 0 radical (unpaired) electrons. The molecule has 0 rings (SSSR count). The quantitative estimate of drug-likeness (QED) is 0.693. The van der Waals surface area contributed by atoms with E-state index in [0.717, 1.165) is 5.75 Å². The summed E-state index contributed by atoms with van der Waals surface area (Å²) >= 11 is 1.56. The van der Waals surface area contributed by atoms with E-state index in [9.17, 15) is 13.2 Å². The van der Waals surface area contributed by atoms with Gasteiger partial charge in [-0.3, -0.25) is 4.79 Å². The summed E-state index contributed by atoms with van der Waals surface area (Å²) in [5.41, 5.74) is 0. The van der Waals surface area contributed by atoms with Crippen molar-refractivity contribution in [1.82, 2.24) is 0 Å². The van der Waals surface area contributed by atoms with Crippen LogP contribution in [0.2, 0.25) is 0 Å². The molecule has 0 bridgehead atoms. The molecule has 0 saturated heterocycles. The maximum atomic E-state index is 11.7. The Labute approximate surface area is 95.4 Å². The number of carboxylic acids is 1. The summed E-state index contributed by atoms with van der Waals surface area (Å²) in [5.74, 6) is -0.928. The number of aliphatic carboxylic acids is 1. The predicted molar refractivity (Wildman–Crippen MR) is 63.0 cm³/mol. The molecular weight excluding hydrogens is 236 g/mol. The van der Waals surface area contributed by atoms with Crippen LogP contribution in [-0.2, 0) is 14.6 Å². The molecule has 0 amide bonds. The summed E-state index contributed by atoms with van der Waals surface area (Å²) in [6.45, 7) is 3.23. The van der Waals surface area contributed by atoms with Crippen LogP contribution < -0.4 is 0 Å². The van der Waals surface area contributed by atoms with Gasteiger partial charge in [0.1, 0.15) is 0 Å². The smallest absolute Gasteiger partial charge is 0.322 e. The highest BCUT2D eigenvalue weighted by molar-refractivity contribution is 7.98. The summed E-state index contributed by atoms with van der Waals surface area (Å²) in [6, 6.07) is 0. The highest BCUT2D eigenvalue weighted by atomic mass is 32.2. The van der Waals surface area contributed by atoms with Gasteiger partial charge in [0, 0.05) is 0 Å². The van der Waals surface area contributed by atoms with Gasteiger partial charge in [-0.15, -0.1) is 0 Å². The van der Waals surface area contributed by atoms with Gasteiger partial charge in [-0.05, 0) is 24.3 Å². The molecule has 0 fully saturated rings. The predicted octanol–water partition coefficient (Wildman–Crippen LogP) is 1.26. The van der Waals surface area contributed by atoms with Crippen molar-refractivity contribution in [2.45, 2.75) is 25.5 Å². The molecule has 15 heavy (non-hydrogen) atoms. The molecule has 0 saturated carbocycles. The second-order valence-electron chi connectivity index (χ2n) is 3.72. The summed E-state index contributed by atoms with van der Waals surface area (Å²) in [5, 5.41) is 7.59. The average Bonchev–Trinajstić information content (AvgIpc) is 2.01. The first-order valence-electron chi connectivity index (χ1n) is 4.76. The molecule has 0 aromatic heterocycles. The third-order valence-corrected chi connectivity index (χ3v) is 5.09. The van der Waals surface area contributed by atoms with Crippen LogP contribution in [0.15, 0.2) is 0 Å². The van der Waals surface area contributed by atoms with Crippen molar-refractivity contribution in [1.29, 1.82) is 0 Å². The zero-order chi connectivity index (χ0) is 12.1. The minimum atomic E-state index is -3.51. The molecule has 6 heteroatoms. The summed E-state index contributed by atoms with van der Waals surface area (Å²) in [7, 11) is -3.51. The Kier molecular flexibility index (Phi) is 6.28. The van der Waals surface area contributed by atoms with Crippen LogP contribution in [0, 0.1) is 5.92 Å². The van der Waals surface area contributed by atoms with E-state index in [0.29, 0.717) is 6.42 Å². The van der Waals surface area contributed by atoms with Crippen molar-refractivity contribution >= 4 is 27.6 Å². The van der Waals surface area contributed by atoms with E-state index in [4.69, 9.17) is 5.11 Å². The fraction of sp³-hybridized carbons (Fsp3) is 0.889. The Balaban J connectivity index is 4.59. The third-order valence-electron chi connectivity index (χ3n) is 2.01. The number of rotatable bonds is 7. The van der Waals surface area contributed by atoms with Gasteiger partial charge in [-0.1, -0.05) is 13.8 Å². The Morgan fingerprint density at radius 3 is 2.27 bits per heavy atom. The average molecular weight is 254 g/mol. The van der Waals surface area contributed by atoms with Gasteiger partial charge in [0.05, 0.1) is 5.75 Å². The zero-order valence-electron chi connectivity index (χ0n) is 9.26. The number of hydrogen-bond donors (Lipinski definition) is 1. The van der Waals surface area contributed by atoms with Crippen molar-refractivity contribution in [2.24, 2.45) is 5.92 Å². The maximum absolute atomic E-state index is 11.7. The number of carboxylic acid groups (broad SMARTS) is 1. The standard InChI is InChI=1S/C9H18O4S2/c1-7(2)8(9(10)11)15(12,13)6-4-5-14-3/h7-8H,4-6H2,1-3H3,(H,10,11). The number of thioether (sulfide) groups is 1. The van der Waals surface area contributed by atoms with Gasteiger partial charge in [0.2, 0.25) is 0 Å². The molecule has 0 aliphatic rings. The molecular formula is C9H18O4S2. The van der Waals surface area contributed by atoms with Gasteiger partial charge in [-0.2, -0.15) is 11.8 Å². The van der Waals surface area contributed by atoms with Gasteiger partial charge >= 0.3 is 5.97 Å². The SMILES string of the molecule is CSCCCS(=O)(=O)C(C(=O)O)C(C)C. The first kappa shape index (κ1) is 14.8. The van der Waals surface area contributed by atoms with Crippen molar-refractivity contribution in [3.8, 4) is 0 Å². The van der Waals surface area contributed by atoms with E-state index in [2.05, 4.69) is 0 Å². The second kappa shape index (κ2) is 6.37. The Hall–Kier alpha value is -0.230. The molecule has 1 unspecified atom stereocenters. The van der Waals surface area contributed by atoms with E-state index in [1.54, 1.807) is 25.6 Å². The molecule has 1 atom stereocenters. The van der Waals surface area contributed by atoms with Gasteiger partial charge < -0.3 is 5.11 Å². The van der Waals surface area contributed by atoms with Crippen LogP contribution >= 0.6 is 11.8 Å². The number of sulfone groups is 1. The molecule has 0 aliphatic heterocycles. The van der Waals surface area contributed by atoms with E-state index in [1.807, 2.05) is 6.26 Å². The summed E-state index contributed by atoms with van der Waals surface area (Å²) < 4.78 is 23.4. The molecule has 90 valence electrons. The molecule has 0 aromatic carbocycles. The van der Waals surface area contributed by atoms with Crippen molar-refractivity contribution < 1.29 is 18.3 Å². The Morgan fingerprint density at radius 1 is 1.40 bits per heavy atom. The molecule has 4 nitrogen and oxygen atoms in total. The lowest BCUT2D eigenvalue weighted by Gasteiger charge is -2.16. The second-order valence-corrected chi connectivity index (χ2v) is 6.94. The Bertz CT molecular complexity index is 295. The molecule has 0 spiro atoms. The Morgan fingerprint density at radius 2 is 1.93 bits per heavy atom. The van der Waals surface area contributed by atoms with E-state index < -0.39 is 21.1 Å². The summed E-state index contributed by atoms with van der Waals surface area (Å²) in [4.78, 5) is 10.8. The number of hydrogen-bond acceptors (Lipinski definition) is 4. The van der Waals surface area contributed by atoms with Crippen LogP contribution in [0.25, 0.3) is 0 Å². The first-order chi connectivity index (χ1) is 6.83. The van der Waals surface area contributed by atoms with E-state index in [1.165, 1.54) is 0 Å². The summed E-state index contributed by atoms with van der Waals surface area (Å²) in [6.07, 6.45) is 2.41. The molecule has 1 N–H and O–H groups in total. The lowest BCUT2D eigenvalue weighted by Crippen LogP contribution is -2.36.